The highest BCUT2D eigenvalue weighted by Crippen LogP contribution is 2.58. The molecule has 0 bridgehead atoms. The van der Waals surface area contributed by atoms with Gasteiger partial charge in [0.25, 0.3) is 0 Å². The smallest absolute Gasteiger partial charge is 0.150 e. The number of aldehydes is 1. The molecule has 0 spiro atoms. The highest BCUT2D eigenvalue weighted by molar-refractivity contribution is 5.77. The molecule has 110 valence electrons. The molecule has 1 aromatic rings. The second kappa shape index (κ2) is 4.70. The predicted octanol–water partition coefficient (Wildman–Crippen LogP) is 4.23. The third-order valence-corrected chi connectivity index (χ3v) is 5.48. The van der Waals surface area contributed by atoms with Gasteiger partial charge >= 0.3 is 0 Å². The lowest BCUT2D eigenvalue weighted by molar-refractivity contribution is -0.0991. The third-order valence-electron chi connectivity index (χ3n) is 5.48. The molecule has 2 unspecified atom stereocenters. The monoisotopic (exact) mass is 274 g/mol. The number of carbonyl (C=O) groups is 1. The fraction of sp³-hybridized carbons (Fsp3) is 0.611. The van der Waals surface area contributed by atoms with E-state index in [9.17, 15) is 4.79 Å². The fourth-order valence-electron chi connectivity index (χ4n) is 4.37. The highest BCUT2D eigenvalue weighted by Gasteiger charge is 2.56. The van der Waals surface area contributed by atoms with Crippen LogP contribution in [0.25, 0.3) is 0 Å². The van der Waals surface area contributed by atoms with Crippen molar-refractivity contribution in [2.75, 3.05) is 7.11 Å². The quantitative estimate of drug-likeness (QED) is 0.771. The van der Waals surface area contributed by atoms with Crippen LogP contribution in [0.1, 0.15) is 61.7 Å². The number of carbonyl (C=O) groups excluding carboxylic acids is 1. The van der Waals surface area contributed by atoms with Gasteiger partial charge in [-0.15, -0.1) is 0 Å². The Morgan fingerprint density at radius 2 is 1.90 bits per heavy atom. The van der Waals surface area contributed by atoms with Gasteiger partial charge in [-0.05, 0) is 53.0 Å². The number of fused-ring (bicyclic) bond motifs is 1. The molecule has 0 saturated heterocycles. The summed E-state index contributed by atoms with van der Waals surface area (Å²) in [5.74, 6) is 0.708. The van der Waals surface area contributed by atoms with Gasteiger partial charge in [-0.25, -0.2) is 0 Å². The van der Waals surface area contributed by atoms with Gasteiger partial charge in [0.05, 0.1) is 5.60 Å². The molecule has 2 rings (SSSR count). The summed E-state index contributed by atoms with van der Waals surface area (Å²) in [6.07, 6.45) is 0.935. The van der Waals surface area contributed by atoms with Gasteiger partial charge in [-0.1, -0.05) is 34.6 Å². The third kappa shape index (κ3) is 1.70. The first-order valence-corrected chi connectivity index (χ1v) is 7.39. The van der Waals surface area contributed by atoms with E-state index in [4.69, 9.17) is 4.74 Å². The molecule has 2 atom stereocenters. The first kappa shape index (κ1) is 15.2. The van der Waals surface area contributed by atoms with Gasteiger partial charge in [0.2, 0.25) is 0 Å². The number of benzene rings is 1. The molecular weight excluding hydrogens is 248 g/mol. The minimum atomic E-state index is -0.317. The SMILES string of the molecule is COC1(C(C)C)c2cc(C=O)cc(C)c2C(C)(C)C1C. The van der Waals surface area contributed by atoms with E-state index in [1.165, 1.54) is 16.7 Å². The van der Waals surface area contributed by atoms with E-state index >= 15 is 0 Å². The van der Waals surface area contributed by atoms with Crippen molar-refractivity contribution in [1.82, 2.24) is 0 Å². The molecule has 0 fully saturated rings. The van der Waals surface area contributed by atoms with Crippen molar-refractivity contribution >= 4 is 6.29 Å². The lowest BCUT2D eigenvalue weighted by atomic mass is 9.71. The zero-order valence-electron chi connectivity index (χ0n) is 13.7. The van der Waals surface area contributed by atoms with E-state index in [1.807, 2.05) is 12.1 Å². The van der Waals surface area contributed by atoms with Crippen LogP contribution in [-0.4, -0.2) is 13.4 Å². The largest absolute Gasteiger partial charge is 0.373 e. The molecule has 1 aromatic carbocycles. The van der Waals surface area contributed by atoms with E-state index < -0.39 is 0 Å². The Balaban J connectivity index is 2.86. The highest BCUT2D eigenvalue weighted by atomic mass is 16.5. The van der Waals surface area contributed by atoms with Crippen LogP contribution in [0, 0.1) is 18.8 Å². The number of ether oxygens (including phenoxy) is 1. The zero-order valence-corrected chi connectivity index (χ0v) is 13.7. The Morgan fingerprint density at radius 1 is 1.30 bits per heavy atom. The predicted molar refractivity (Wildman–Crippen MR) is 82.3 cm³/mol. The maximum atomic E-state index is 11.2. The van der Waals surface area contributed by atoms with Crippen molar-refractivity contribution in [3.8, 4) is 0 Å². The summed E-state index contributed by atoms with van der Waals surface area (Å²) < 4.78 is 6.07. The first-order chi connectivity index (χ1) is 9.23. The van der Waals surface area contributed by atoms with Crippen LogP contribution < -0.4 is 0 Å². The molecule has 0 N–H and O–H groups in total. The molecule has 0 aromatic heterocycles. The Hall–Kier alpha value is -1.15. The lowest BCUT2D eigenvalue weighted by Gasteiger charge is -2.41. The van der Waals surface area contributed by atoms with Crippen LogP contribution in [0.3, 0.4) is 0 Å². The molecule has 0 amide bonds. The number of methoxy groups -OCH3 is 1. The molecule has 1 aliphatic carbocycles. The van der Waals surface area contributed by atoms with Crippen LogP contribution in [0.4, 0.5) is 0 Å². The van der Waals surface area contributed by atoms with E-state index in [2.05, 4.69) is 41.5 Å². The maximum absolute atomic E-state index is 11.2. The van der Waals surface area contributed by atoms with Crippen molar-refractivity contribution in [2.45, 2.75) is 52.6 Å². The van der Waals surface area contributed by atoms with Crippen LogP contribution >= 0.6 is 0 Å². The fourth-order valence-corrected chi connectivity index (χ4v) is 4.37. The molecule has 20 heavy (non-hydrogen) atoms. The van der Waals surface area contributed by atoms with Crippen LogP contribution in [0.2, 0.25) is 0 Å². The zero-order chi connectivity index (χ0) is 15.3. The molecule has 0 saturated carbocycles. The Bertz CT molecular complexity index is 543. The minimum absolute atomic E-state index is 0.0428. The number of rotatable bonds is 3. The summed E-state index contributed by atoms with van der Waals surface area (Å²) >= 11 is 0. The molecule has 0 heterocycles. The molecule has 2 heteroatoms. The van der Waals surface area contributed by atoms with Crippen LogP contribution in [0.5, 0.6) is 0 Å². The van der Waals surface area contributed by atoms with Gasteiger partial charge in [0, 0.05) is 12.7 Å². The van der Waals surface area contributed by atoms with Gasteiger partial charge in [0.1, 0.15) is 6.29 Å². The number of hydrogen-bond acceptors (Lipinski definition) is 2. The summed E-state index contributed by atoms with van der Waals surface area (Å²) in [5, 5.41) is 0. The van der Waals surface area contributed by atoms with Gasteiger partial charge in [-0.2, -0.15) is 0 Å². The van der Waals surface area contributed by atoms with Crippen molar-refractivity contribution in [3.63, 3.8) is 0 Å². The van der Waals surface area contributed by atoms with E-state index in [0.717, 1.165) is 11.8 Å². The molecular formula is C18H26O2. The van der Waals surface area contributed by atoms with Crippen LogP contribution in [0.15, 0.2) is 12.1 Å². The van der Waals surface area contributed by atoms with Crippen LogP contribution in [-0.2, 0) is 15.8 Å². The number of hydrogen-bond donors (Lipinski definition) is 0. The van der Waals surface area contributed by atoms with E-state index in [-0.39, 0.29) is 11.0 Å². The number of aryl methyl sites for hydroxylation is 1. The normalized spacial score (nSPS) is 27.7. The molecule has 2 nitrogen and oxygen atoms in total. The summed E-state index contributed by atoms with van der Waals surface area (Å²) in [5.41, 5.74) is 4.22. The second-order valence-corrected chi connectivity index (χ2v) is 6.97. The first-order valence-electron chi connectivity index (χ1n) is 7.39. The Labute approximate surface area is 122 Å². The van der Waals surface area contributed by atoms with Crippen molar-refractivity contribution in [1.29, 1.82) is 0 Å². The summed E-state index contributed by atoms with van der Waals surface area (Å²) in [6, 6.07) is 4.02. The van der Waals surface area contributed by atoms with Gasteiger partial charge in [0.15, 0.2) is 0 Å². The molecule has 1 aliphatic rings. The average molecular weight is 274 g/mol. The Kier molecular flexibility index (Phi) is 3.58. The maximum Gasteiger partial charge on any atom is 0.150 e. The summed E-state index contributed by atoms with van der Waals surface area (Å²) in [4.78, 5) is 11.2. The molecule has 0 aliphatic heterocycles. The molecule has 0 radical (unpaired) electrons. The summed E-state index contributed by atoms with van der Waals surface area (Å²) in [6.45, 7) is 13.3. The van der Waals surface area contributed by atoms with Crippen molar-refractivity contribution in [3.05, 3.63) is 34.4 Å². The topological polar surface area (TPSA) is 26.3 Å². The van der Waals surface area contributed by atoms with E-state index in [0.29, 0.717) is 11.8 Å². The average Bonchev–Trinajstić information content (AvgIpc) is 2.55. The van der Waals surface area contributed by atoms with Gasteiger partial charge < -0.3 is 4.74 Å². The standard InChI is InChI=1S/C18H26O2/c1-11(2)18(20-7)13(4)17(5,6)16-12(3)8-14(10-19)9-15(16)18/h8-11,13H,1-7H3. The van der Waals surface area contributed by atoms with Gasteiger partial charge in [-0.3, -0.25) is 4.79 Å². The van der Waals surface area contributed by atoms with Crippen molar-refractivity contribution < 1.29 is 9.53 Å². The lowest BCUT2D eigenvalue weighted by Crippen LogP contribution is -2.42. The van der Waals surface area contributed by atoms with Crippen molar-refractivity contribution in [2.24, 2.45) is 11.8 Å². The Morgan fingerprint density at radius 3 is 2.35 bits per heavy atom. The van der Waals surface area contributed by atoms with E-state index in [1.54, 1.807) is 7.11 Å². The minimum Gasteiger partial charge on any atom is -0.373 e. The summed E-state index contributed by atoms with van der Waals surface area (Å²) in [7, 11) is 1.80. The second-order valence-electron chi connectivity index (χ2n) is 6.97.